The normalized spacial score (nSPS) is 15.9. The van der Waals surface area contributed by atoms with E-state index in [0.29, 0.717) is 44.1 Å². The second kappa shape index (κ2) is 22.4. The Balaban J connectivity index is 3.18. The standard InChI is InChI=1S/C38H44F26OSi2/c1-3-10-24(66-19-17-27(39,40)29(43,44)31(47,48)33(51,52)35(55,56)37(59,60)61)15-16-25(12-9-7-5-4-6-8-11-23-14-13-22(2)26(65)21-23)67-20-18-28(41,42)30(45,46)32(49,50)34(53,54)36(57,58)38(62,63)64/h13-14,21,24-25,65H,3-12,15-20H2,1-2H3. The molecule has 2 atom stereocenters. The van der Waals surface area contributed by atoms with Crippen LogP contribution in [0.2, 0.25) is 23.2 Å². The molecule has 0 aliphatic carbocycles. The zero-order chi connectivity index (χ0) is 52.7. The summed E-state index contributed by atoms with van der Waals surface area (Å²) in [7, 11) is -2.03. The molecule has 0 saturated carbocycles. The minimum absolute atomic E-state index is 0.0206. The number of rotatable bonds is 30. The summed E-state index contributed by atoms with van der Waals surface area (Å²) in [6, 6.07) is 2.50. The number of aromatic hydroxyl groups is 1. The number of benzene rings is 1. The van der Waals surface area contributed by atoms with E-state index in [1.54, 1.807) is 25.1 Å². The molecule has 1 rings (SSSR count). The highest BCUT2D eigenvalue weighted by Gasteiger charge is 2.92. The molecule has 0 saturated heterocycles. The number of phenolic OH excluding ortho intramolecular Hbond substituents is 1. The Labute approximate surface area is 371 Å². The lowest BCUT2D eigenvalue weighted by Crippen LogP contribution is -2.70. The number of halogens is 26. The van der Waals surface area contributed by atoms with Gasteiger partial charge in [-0.1, -0.05) is 95.4 Å². The van der Waals surface area contributed by atoms with E-state index in [9.17, 15) is 119 Å². The Kier molecular flexibility index (Phi) is 20.9. The van der Waals surface area contributed by atoms with E-state index >= 15 is 0 Å². The number of aryl methyl sites for hydroxylation is 2. The first-order valence-corrected chi connectivity index (χ1v) is 22.6. The minimum Gasteiger partial charge on any atom is -0.508 e. The van der Waals surface area contributed by atoms with Crippen LogP contribution in [0.5, 0.6) is 5.75 Å². The van der Waals surface area contributed by atoms with Gasteiger partial charge in [-0.2, -0.15) is 114 Å². The summed E-state index contributed by atoms with van der Waals surface area (Å²) in [5, 5.41) is 9.83. The van der Waals surface area contributed by atoms with Gasteiger partial charge in [-0.3, -0.25) is 0 Å². The Morgan fingerprint density at radius 3 is 1.13 bits per heavy atom. The van der Waals surface area contributed by atoms with Gasteiger partial charge in [0.1, 0.15) is 5.75 Å². The largest absolute Gasteiger partial charge is 0.508 e. The maximum absolute atomic E-state index is 14.6. The van der Waals surface area contributed by atoms with Crippen molar-refractivity contribution < 1.29 is 119 Å². The van der Waals surface area contributed by atoms with Crippen molar-refractivity contribution in [1.29, 1.82) is 0 Å². The van der Waals surface area contributed by atoms with Gasteiger partial charge >= 0.3 is 71.6 Å². The van der Waals surface area contributed by atoms with Gasteiger partial charge in [-0.05, 0) is 48.0 Å². The molecule has 1 aromatic carbocycles. The smallest absolute Gasteiger partial charge is 0.460 e. The third-order valence-electron chi connectivity index (χ3n) is 10.8. The lowest BCUT2D eigenvalue weighted by Gasteiger charge is -2.39. The highest BCUT2D eigenvalue weighted by atomic mass is 28.2. The predicted octanol–water partition coefficient (Wildman–Crippen LogP) is 16.6. The molecule has 4 radical (unpaired) electrons. The van der Waals surface area contributed by atoms with Gasteiger partial charge in [0, 0.05) is 31.9 Å². The molecule has 392 valence electrons. The minimum atomic E-state index is -8.11. The van der Waals surface area contributed by atoms with Gasteiger partial charge in [0.15, 0.2) is 0 Å². The van der Waals surface area contributed by atoms with Crippen molar-refractivity contribution in [2.75, 3.05) is 0 Å². The quantitative estimate of drug-likeness (QED) is 0.0462. The SMILES string of the molecule is CCCC(CCC(CCCCCCCCc1ccc(C)c(O)c1)[Si]CCC(F)(F)C(F)(F)C(F)(F)C(F)(F)C(F)(F)C(F)(F)F)[Si]CCC(F)(F)C(F)(F)C(F)(F)C(F)(F)C(F)(F)C(F)(F)F. The average Bonchev–Trinajstić information content (AvgIpc) is 3.17. The molecule has 29 heteroatoms. The molecule has 0 amide bonds. The van der Waals surface area contributed by atoms with Gasteiger partial charge in [-0.25, -0.2) is 0 Å². The Morgan fingerprint density at radius 2 is 0.776 bits per heavy atom. The maximum Gasteiger partial charge on any atom is 0.460 e. The third kappa shape index (κ3) is 13.5. The molecule has 0 aliphatic rings. The summed E-state index contributed by atoms with van der Waals surface area (Å²) >= 11 is 0. The summed E-state index contributed by atoms with van der Waals surface area (Å²) in [4.78, 5) is 0. The van der Waals surface area contributed by atoms with Crippen LogP contribution in [-0.4, -0.2) is 95.7 Å². The monoisotopic (exact) mass is 1070 g/mol. The third-order valence-corrected chi connectivity index (χ3v) is 14.2. The van der Waals surface area contributed by atoms with Gasteiger partial charge in [0.05, 0.1) is 0 Å². The van der Waals surface area contributed by atoms with E-state index in [1.165, 1.54) is 6.92 Å². The summed E-state index contributed by atoms with van der Waals surface area (Å²) < 4.78 is 353. The molecule has 0 heterocycles. The average molecular weight is 1070 g/mol. The van der Waals surface area contributed by atoms with Crippen molar-refractivity contribution in [3.63, 3.8) is 0 Å². The van der Waals surface area contributed by atoms with Crippen molar-refractivity contribution in [3.05, 3.63) is 29.3 Å². The number of hydrogen-bond donors (Lipinski definition) is 1. The predicted molar refractivity (Wildman–Crippen MR) is 192 cm³/mol. The van der Waals surface area contributed by atoms with Crippen LogP contribution >= 0.6 is 0 Å². The van der Waals surface area contributed by atoms with E-state index < -0.39 is 127 Å². The fourth-order valence-corrected chi connectivity index (χ4v) is 9.85. The molecule has 0 fully saturated rings. The van der Waals surface area contributed by atoms with Crippen LogP contribution in [0.1, 0.15) is 102 Å². The molecular formula is C38H44F26OSi2. The van der Waals surface area contributed by atoms with Crippen LogP contribution in [0.3, 0.4) is 0 Å². The van der Waals surface area contributed by atoms with Gasteiger partial charge in [0.25, 0.3) is 0 Å². The first-order chi connectivity index (χ1) is 29.9. The fraction of sp³-hybridized carbons (Fsp3) is 0.842. The van der Waals surface area contributed by atoms with Crippen LogP contribution in [0.25, 0.3) is 0 Å². The van der Waals surface area contributed by atoms with E-state index in [1.807, 2.05) is 0 Å². The zero-order valence-corrected chi connectivity index (χ0v) is 37.0. The van der Waals surface area contributed by atoms with Crippen molar-refractivity contribution >= 4 is 19.0 Å². The second-order valence-corrected chi connectivity index (χ2v) is 19.4. The van der Waals surface area contributed by atoms with Crippen molar-refractivity contribution in [2.45, 2.75) is 198 Å². The number of unbranched alkanes of at least 4 members (excludes halogenated alkanes) is 5. The molecule has 1 nitrogen and oxygen atoms in total. The van der Waals surface area contributed by atoms with Crippen molar-refractivity contribution in [2.24, 2.45) is 0 Å². The zero-order valence-electron chi connectivity index (χ0n) is 35.0. The fourth-order valence-electron chi connectivity index (χ4n) is 6.47. The summed E-state index contributed by atoms with van der Waals surface area (Å²) in [6.07, 6.45) is -17.0. The van der Waals surface area contributed by atoms with Crippen molar-refractivity contribution in [3.8, 4) is 5.75 Å². The summed E-state index contributed by atoms with van der Waals surface area (Å²) in [5.74, 6) is -75.7. The molecule has 67 heavy (non-hydrogen) atoms. The van der Waals surface area contributed by atoms with Gasteiger partial charge < -0.3 is 5.11 Å². The van der Waals surface area contributed by atoms with Crippen LogP contribution in [0.4, 0.5) is 114 Å². The van der Waals surface area contributed by atoms with E-state index in [0.717, 1.165) is 5.56 Å². The summed E-state index contributed by atoms with van der Waals surface area (Å²) in [5.41, 5.74) is -0.374. The van der Waals surface area contributed by atoms with E-state index in [4.69, 9.17) is 0 Å². The molecule has 1 aromatic rings. The first kappa shape index (κ1) is 62.6. The van der Waals surface area contributed by atoms with Gasteiger partial charge in [0.2, 0.25) is 0 Å². The first-order valence-electron chi connectivity index (χ1n) is 20.1. The number of phenols is 1. The highest BCUT2D eigenvalue weighted by molar-refractivity contribution is 6.38. The van der Waals surface area contributed by atoms with Crippen LogP contribution in [0, 0.1) is 6.92 Å². The number of hydrogen-bond acceptors (Lipinski definition) is 1. The topological polar surface area (TPSA) is 20.2 Å². The molecule has 0 aliphatic heterocycles. The van der Waals surface area contributed by atoms with Crippen LogP contribution in [-0.2, 0) is 6.42 Å². The molecule has 0 aromatic heterocycles. The lowest BCUT2D eigenvalue weighted by atomic mass is 9.93. The van der Waals surface area contributed by atoms with E-state index in [-0.39, 0.29) is 44.3 Å². The lowest BCUT2D eigenvalue weighted by molar-refractivity contribution is -0.439. The Bertz CT molecular complexity index is 1680. The highest BCUT2D eigenvalue weighted by Crippen LogP contribution is 2.62. The summed E-state index contributed by atoms with van der Waals surface area (Å²) in [6.45, 7) is 3.13. The Hall–Kier alpha value is -2.37. The van der Waals surface area contributed by atoms with Crippen molar-refractivity contribution in [1.82, 2.24) is 0 Å². The van der Waals surface area contributed by atoms with Gasteiger partial charge in [-0.15, -0.1) is 0 Å². The second-order valence-electron chi connectivity index (χ2n) is 15.9. The molecule has 2 unspecified atom stereocenters. The molecule has 0 bridgehead atoms. The van der Waals surface area contributed by atoms with Crippen LogP contribution < -0.4 is 0 Å². The number of alkyl halides is 26. The molecular weight excluding hydrogens is 1020 g/mol. The van der Waals surface area contributed by atoms with Crippen LogP contribution in [0.15, 0.2) is 18.2 Å². The molecule has 1 N–H and O–H groups in total. The molecule has 0 spiro atoms. The maximum atomic E-state index is 14.6. The Morgan fingerprint density at radius 1 is 0.433 bits per heavy atom. The van der Waals surface area contributed by atoms with E-state index in [2.05, 4.69) is 0 Å².